The van der Waals surface area contributed by atoms with Crippen LogP contribution >= 0.6 is 0 Å². The maximum absolute atomic E-state index is 13.6. The van der Waals surface area contributed by atoms with Crippen LogP contribution < -0.4 is 14.6 Å². The lowest BCUT2D eigenvalue weighted by Gasteiger charge is -2.27. The highest BCUT2D eigenvalue weighted by Crippen LogP contribution is 2.38. The molecule has 0 saturated carbocycles. The van der Waals surface area contributed by atoms with E-state index in [4.69, 9.17) is 4.74 Å². The number of carbonyl (C=O) groups excluding carboxylic acids is 3. The van der Waals surface area contributed by atoms with Crippen molar-refractivity contribution in [3.63, 3.8) is 0 Å². The lowest BCUT2D eigenvalue weighted by Crippen LogP contribution is -3.05. The first kappa shape index (κ1) is 24.6. The molecule has 1 aliphatic rings. The number of ketones is 2. The van der Waals surface area contributed by atoms with Crippen molar-refractivity contribution in [2.45, 2.75) is 33.2 Å². The number of nitrogens with one attached hydrogen (secondary N) is 2. The minimum Gasteiger partial charge on any atom is -0.493 e. The van der Waals surface area contributed by atoms with Gasteiger partial charge in [-0.2, -0.15) is 0 Å². The Bertz CT molecular complexity index is 1000. The van der Waals surface area contributed by atoms with Crippen LogP contribution in [-0.4, -0.2) is 56.2 Å². The molecule has 1 aromatic heterocycles. The van der Waals surface area contributed by atoms with Gasteiger partial charge in [-0.05, 0) is 42.2 Å². The Labute approximate surface area is 195 Å². The number of rotatable bonds is 10. The van der Waals surface area contributed by atoms with Crippen molar-refractivity contribution in [3.05, 3.63) is 59.4 Å². The number of quaternary nitrogens is 1. The number of hydrogen-bond acceptors (Lipinski definition) is 4. The number of amides is 1. The third-order valence-corrected chi connectivity index (χ3v) is 5.88. The zero-order valence-corrected chi connectivity index (χ0v) is 20.2. The summed E-state index contributed by atoms with van der Waals surface area (Å²) < 4.78 is 5.82. The van der Waals surface area contributed by atoms with E-state index in [0.717, 1.165) is 29.8 Å². The molecule has 1 fully saturated rings. The third kappa shape index (κ3) is 5.66. The SMILES string of the molecule is Cc1cc(C(=O)C2C(=O)C(=O)N(CCC[NH+](C)C)C2c2cc[nH+]cc2)ccc1OCC(C)C. The van der Waals surface area contributed by atoms with Gasteiger partial charge in [0.1, 0.15) is 11.7 Å². The van der Waals surface area contributed by atoms with Crippen LogP contribution in [0.3, 0.4) is 0 Å². The van der Waals surface area contributed by atoms with Gasteiger partial charge in [0.15, 0.2) is 18.2 Å². The van der Waals surface area contributed by atoms with E-state index in [1.165, 1.54) is 4.90 Å². The number of pyridine rings is 1. The zero-order chi connectivity index (χ0) is 24.1. The number of nitrogens with zero attached hydrogens (tertiary/aromatic N) is 1. The van der Waals surface area contributed by atoms with E-state index >= 15 is 0 Å². The minimum absolute atomic E-state index is 0.328. The van der Waals surface area contributed by atoms with Crippen molar-refractivity contribution >= 4 is 17.5 Å². The summed E-state index contributed by atoms with van der Waals surface area (Å²) in [5.41, 5.74) is 2.02. The molecule has 2 atom stereocenters. The van der Waals surface area contributed by atoms with Crippen molar-refractivity contribution in [2.24, 2.45) is 11.8 Å². The highest BCUT2D eigenvalue weighted by atomic mass is 16.5. The van der Waals surface area contributed by atoms with Gasteiger partial charge in [-0.3, -0.25) is 14.4 Å². The largest absolute Gasteiger partial charge is 0.493 e. The third-order valence-electron chi connectivity index (χ3n) is 5.88. The summed E-state index contributed by atoms with van der Waals surface area (Å²) in [7, 11) is 4.09. The molecule has 3 rings (SSSR count). The van der Waals surface area contributed by atoms with Gasteiger partial charge in [0.2, 0.25) is 5.78 Å². The first-order chi connectivity index (χ1) is 15.7. The van der Waals surface area contributed by atoms with Crippen LogP contribution in [0.4, 0.5) is 0 Å². The van der Waals surface area contributed by atoms with Gasteiger partial charge in [0.05, 0.1) is 33.3 Å². The quantitative estimate of drug-likeness (QED) is 0.334. The summed E-state index contributed by atoms with van der Waals surface area (Å²) in [5, 5.41) is 0. The summed E-state index contributed by atoms with van der Waals surface area (Å²) in [5.74, 6) is -1.49. The Morgan fingerprint density at radius 2 is 1.85 bits per heavy atom. The number of aromatic amines is 1. The number of benzene rings is 1. The zero-order valence-electron chi connectivity index (χ0n) is 20.2. The molecule has 7 nitrogen and oxygen atoms in total. The lowest BCUT2D eigenvalue weighted by molar-refractivity contribution is -0.858. The van der Waals surface area contributed by atoms with Crippen LogP contribution in [0.2, 0.25) is 0 Å². The Hall–Kier alpha value is -3.06. The number of Topliss-reactive ketones (excluding diaryl/α,β-unsaturated/α-hetero) is 2. The molecule has 1 aliphatic heterocycles. The van der Waals surface area contributed by atoms with Crippen molar-refractivity contribution in [3.8, 4) is 5.75 Å². The van der Waals surface area contributed by atoms with E-state index in [-0.39, 0.29) is 5.78 Å². The number of carbonyl (C=O) groups is 3. The molecule has 0 spiro atoms. The normalized spacial score (nSPS) is 18.5. The molecular weight excluding hydrogens is 418 g/mol. The predicted molar refractivity (Wildman–Crippen MR) is 124 cm³/mol. The Balaban J connectivity index is 1.92. The molecule has 1 saturated heterocycles. The standard InChI is InChI=1S/C26H33N3O4/c1-17(2)16-33-21-8-7-20(15-18(21)3)24(30)22-23(19-9-11-27-12-10-19)29(26(32)25(22)31)14-6-13-28(4)5/h7-12,15,17,22-23H,6,13-14,16H2,1-5H3/p+2. The van der Waals surface area contributed by atoms with Gasteiger partial charge < -0.3 is 14.5 Å². The van der Waals surface area contributed by atoms with Crippen molar-refractivity contribution in [1.82, 2.24) is 4.90 Å². The number of aryl methyl sites for hydroxylation is 1. The van der Waals surface area contributed by atoms with Gasteiger partial charge in [0.25, 0.3) is 5.91 Å². The maximum Gasteiger partial charge on any atom is 0.291 e. The second kappa shape index (κ2) is 10.7. The monoisotopic (exact) mass is 453 g/mol. The summed E-state index contributed by atoms with van der Waals surface area (Å²) in [6.45, 7) is 7.91. The van der Waals surface area contributed by atoms with Crippen LogP contribution in [0.5, 0.6) is 5.75 Å². The van der Waals surface area contributed by atoms with E-state index < -0.39 is 23.7 Å². The molecule has 2 heterocycles. The van der Waals surface area contributed by atoms with Crippen LogP contribution in [0.25, 0.3) is 0 Å². The summed E-state index contributed by atoms with van der Waals surface area (Å²) in [4.78, 5) is 45.5. The number of ether oxygens (including phenoxy) is 1. The topological polar surface area (TPSA) is 82.3 Å². The average Bonchev–Trinajstić information content (AvgIpc) is 3.03. The first-order valence-corrected chi connectivity index (χ1v) is 11.6. The summed E-state index contributed by atoms with van der Waals surface area (Å²) in [6.07, 6.45) is 4.24. The minimum atomic E-state index is -1.06. The van der Waals surface area contributed by atoms with E-state index in [9.17, 15) is 14.4 Å². The van der Waals surface area contributed by atoms with Crippen molar-refractivity contribution < 1.29 is 29.0 Å². The second-order valence-electron chi connectivity index (χ2n) is 9.48. The first-order valence-electron chi connectivity index (χ1n) is 11.6. The molecule has 176 valence electrons. The number of H-pyrrole nitrogens is 1. The molecule has 2 N–H and O–H groups in total. The van der Waals surface area contributed by atoms with Gasteiger partial charge in [0, 0.05) is 30.7 Å². The fraction of sp³-hybridized carbons (Fsp3) is 0.462. The van der Waals surface area contributed by atoms with E-state index in [0.29, 0.717) is 24.6 Å². The van der Waals surface area contributed by atoms with Gasteiger partial charge >= 0.3 is 0 Å². The van der Waals surface area contributed by atoms with Crippen LogP contribution in [0, 0.1) is 18.8 Å². The molecule has 2 aromatic rings. The van der Waals surface area contributed by atoms with E-state index in [1.807, 2.05) is 33.2 Å². The average molecular weight is 454 g/mol. The van der Waals surface area contributed by atoms with Crippen LogP contribution in [0.1, 0.15) is 47.8 Å². The molecule has 2 unspecified atom stereocenters. The maximum atomic E-state index is 13.6. The molecule has 0 radical (unpaired) electrons. The summed E-state index contributed by atoms with van der Waals surface area (Å²) in [6, 6.07) is 8.27. The molecule has 0 aliphatic carbocycles. The summed E-state index contributed by atoms with van der Waals surface area (Å²) >= 11 is 0. The molecule has 0 bridgehead atoms. The molecule has 33 heavy (non-hydrogen) atoms. The molecule has 1 aromatic carbocycles. The van der Waals surface area contributed by atoms with Gasteiger partial charge in [-0.25, -0.2) is 4.98 Å². The predicted octanol–water partition coefficient (Wildman–Crippen LogP) is 1.33. The van der Waals surface area contributed by atoms with E-state index in [1.54, 1.807) is 35.5 Å². The highest BCUT2D eigenvalue weighted by Gasteiger charge is 2.51. The van der Waals surface area contributed by atoms with Gasteiger partial charge in [-0.1, -0.05) is 13.8 Å². The Kier molecular flexibility index (Phi) is 7.97. The van der Waals surface area contributed by atoms with Crippen LogP contribution in [0.15, 0.2) is 42.7 Å². The molecule has 1 amide bonds. The van der Waals surface area contributed by atoms with Crippen molar-refractivity contribution in [2.75, 3.05) is 33.8 Å². The van der Waals surface area contributed by atoms with Gasteiger partial charge in [-0.15, -0.1) is 0 Å². The number of aromatic nitrogens is 1. The number of hydrogen-bond donors (Lipinski definition) is 1. The Morgan fingerprint density at radius 1 is 1.15 bits per heavy atom. The Morgan fingerprint density at radius 3 is 2.45 bits per heavy atom. The molecular formula is C26H35N3O4+2. The second-order valence-corrected chi connectivity index (χ2v) is 9.48. The smallest absolute Gasteiger partial charge is 0.291 e. The molecule has 7 heteroatoms. The van der Waals surface area contributed by atoms with Crippen molar-refractivity contribution in [1.29, 1.82) is 0 Å². The fourth-order valence-electron chi connectivity index (χ4n) is 4.20. The fourth-order valence-corrected chi connectivity index (χ4v) is 4.20. The van der Waals surface area contributed by atoms with Crippen LogP contribution in [-0.2, 0) is 9.59 Å². The lowest BCUT2D eigenvalue weighted by atomic mass is 9.86. The van der Waals surface area contributed by atoms with E-state index in [2.05, 4.69) is 18.8 Å². The number of likely N-dealkylation sites (tertiary alicyclic amines) is 1. The highest BCUT2D eigenvalue weighted by molar-refractivity contribution is 6.44.